The monoisotopic (exact) mass is 286 g/mol. The maximum absolute atomic E-state index is 12.0. The molecule has 0 heterocycles. The van der Waals surface area contributed by atoms with E-state index in [4.69, 9.17) is 10.4 Å². The smallest absolute Gasteiger partial charge is 0.382 e. The van der Waals surface area contributed by atoms with Gasteiger partial charge in [-0.15, -0.1) is 13.2 Å². The van der Waals surface area contributed by atoms with Crippen molar-refractivity contribution in [2.45, 2.75) is 24.6 Å². The molecule has 0 spiro atoms. The Morgan fingerprint density at radius 2 is 1.39 bits per heavy atom. The lowest BCUT2D eigenvalue weighted by Gasteiger charge is -2.21. The van der Waals surface area contributed by atoms with Gasteiger partial charge in [0.15, 0.2) is 12.2 Å². The number of aliphatic hydroxyl groups excluding tert-OH is 1. The highest BCUT2D eigenvalue weighted by Gasteiger charge is 2.44. The largest absolute Gasteiger partial charge is 0.417 e. The molecule has 0 fully saturated rings. The first kappa shape index (κ1) is 19.5. The van der Waals surface area contributed by atoms with Gasteiger partial charge in [-0.25, -0.2) is 4.89 Å². The van der Waals surface area contributed by atoms with Gasteiger partial charge in [-0.1, -0.05) is 0 Å². The average Bonchev–Trinajstić information content (AvgIpc) is 2.23. The van der Waals surface area contributed by atoms with Crippen LogP contribution in [0.25, 0.3) is 0 Å². The number of hydrogen-bond donors (Lipinski definition) is 2. The highest BCUT2D eigenvalue weighted by atomic mass is 19.4. The Morgan fingerprint density at radius 3 is 1.67 bits per heavy atom. The van der Waals surface area contributed by atoms with Crippen molar-refractivity contribution in [2.75, 3.05) is 13.2 Å². The topological polar surface area (TPSA) is 58.9 Å². The molecule has 0 aliphatic carbocycles. The lowest BCUT2D eigenvalue weighted by Crippen LogP contribution is -2.41. The number of ether oxygens (including phenoxy) is 1. The van der Waals surface area contributed by atoms with Crippen LogP contribution >= 0.6 is 0 Å². The minimum atomic E-state index is -5.07. The Bertz CT molecular complexity index is 217. The molecule has 0 aromatic heterocycles. The van der Waals surface area contributed by atoms with Gasteiger partial charge in [-0.2, -0.15) is 26.3 Å². The van der Waals surface area contributed by atoms with Crippen molar-refractivity contribution in [3.63, 3.8) is 0 Å². The first-order valence-electron chi connectivity index (χ1n) is 4.28. The van der Waals surface area contributed by atoms with Crippen LogP contribution in [0.3, 0.4) is 0 Å². The van der Waals surface area contributed by atoms with Crippen LogP contribution in [0.1, 0.15) is 0 Å². The maximum atomic E-state index is 12.0. The van der Waals surface area contributed by atoms with Gasteiger partial charge in [0.25, 0.3) is 0 Å². The number of alkyl halides is 6. The molecule has 110 valence electrons. The Labute approximate surface area is 98.3 Å². The van der Waals surface area contributed by atoms with Crippen molar-refractivity contribution in [3.8, 4) is 0 Å². The van der Waals surface area contributed by atoms with E-state index < -0.39 is 37.8 Å². The molecule has 0 saturated heterocycles. The van der Waals surface area contributed by atoms with Gasteiger partial charge < -0.3 is 9.84 Å². The predicted octanol–water partition coefficient (Wildman–Crippen LogP) is 2.15. The summed E-state index contributed by atoms with van der Waals surface area (Å²) in [7, 11) is 0. The lowest BCUT2D eigenvalue weighted by molar-refractivity contribution is -0.310. The molecule has 2 N–H and O–H groups in total. The van der Waals surface area contributed by atoms with E-state index in [2.05, 4.69) is 22.8 Å². The molecule has 0 bridgehead atoms. The Morgan fingerprint density at radius 1 is 0.944 bits per heavy atom. The summed E-state index contributed by atoms with van der Waals surface area (Å²) in [4.78, 5) is 3.14. The molecule has 0 radical (unpaired) electrons. The van der Waals surface area contributed by atoms with E-state index in [1.54, 1.807) is 0 Å². The summed E-state index contributed by atoms with van der Waals surface area (Å²) in [5, 5.41) is 16.1. The number of aliphatic hydroxyl groups is 1. The SMILES string of the molecule is C=C.OOCC(OCC(O)C(F)(F)F)C(F)(F)F. The van der Waals surface area contributed by atoms with Gasteiger partial charge in [0.05, 0.1) is 6.61 Å². The zero-order valence-corrected chi connectivity index (χ0v) is 8.96. The van der Waals surface area contributed by atoms with Gasteiger partial charge in [0.2, 0.25) is 0 Å². The molecule has 2 unspecified atom stereocenters. The first-order chi connectivity index (χ1) is 8.09. The fourth-order valence-corrected chi connectivity index (χ4v) is 0.607. The summed E-state index contributed by atoms with van der Waals surface area (Å²) in [6, 6.07) is 0. The number of hydrogen-bond acceptors (Lipinski definition) is 4. The van der Waals surface area contributed by atoms with Gasteiger partial charge in [0.1, 0.15) is 6.61 Å². The van der Waals surface area contributed by atoms with Gasteiger partial charge in [-0.05, 0) is 0 Å². The second-order valence-corrected chi connectivity index (χ2v) is 2.72. The summed E-state index contributed by atoms with van der Waals surface area (Å²) in [6.07, 6.45) is -15.9. The normalized spacial score (nSPS) is 15.6. The van der Waals surface area contributed by atoms with Crippen molar-refractivity contribution in [3.05, 3.63) is 13.2 Å². The molecule has 0 aliphatic heterocycles. The molecule has 0 amide bonds. The summed E-state index contributed by atoms with van der Waals surface area (Å²) < 4.78 is 74.8. The summed E-state index contributed by atoms with van der Waals surface area (Å²) in [5.41, 5.74) is 0. The summed E-state index contributed by atoms with van der Waals surface area (Å²) >= 11 is 0. The number of rotatable bonds is 5. The predicted molar refractivity (Wildman–Crippen MR) is 47.7 cm³/mol. The fourth-order valence-electron chi connectivity index (χ4n) is 0.607. The van der Waals surface area contributed by atoms with Gasteiger partial charge in [0, 0.05) is 0 Å². The van der Waals surface area contributed by atoms with Crippen molar-refractivity contribution >= 4 is 0 Å². The molecule has 0 saturated carbocycles. The molecule has 10 heteroatoms. The molecule has 0 aromatic carbocycles. The summed E-state index contributed by atoms with van der Waals surface area (Å²) in [5.74, 6) is 0. The van der Waals surface area contributed by atoms with E-state index in [0.29, 0.717) is 0 Å². The molecule has 0 aromatic rings. The Hall–Kier alpha value is -0.840. The van der Waals surface area contributed by atoms with Crippen molar-refractivity contribution in [1.29, 1.82) is 0 Å². The average molecular weight is 286 g/mol. The maximum Gasteiger partial charge on any atom is 0.417 e. The van der Waals surface area contributed by atoms with Crippen molar-refractivity contribution in [1.82, 2.24) is 0 Å². The molecule has 2 atom stereocenters. The third kappa shape index (κ3) is 8.28. The van der Waals surface area contributed by atoms with E-state index in [1.165, 1.54) is 0 Å². The van der Waals surface area contributed by atoms with Crippen LogP contribution in [0.4, 0.5) is 26.3 Å². The van der Waals surface area contributed by atoms with Crippen LogP contribution in [0.2, 0.25) is 0 Å². The highest BCUT2D eigenvalue weighted by molar-refractivity contribution is 4.70. The molecular formula is C8H12F6O4. The van der Waals surface area contributed by atoms with Crippen LogP contribution in [0, 0.1) is 0 Å². The van der Waals surface area contributed by atoms with E-state index in [1.807, 2.05) is 0 Å². The van der Waals surface area contributed by atoms with Crippen LogP contribution < -0.4 is 0 Å². The minimum absolute atomic E-state index is 1.38. The molecule has 4 nitrogen and oxygen atoms in total. The zero-order chi connectivity index (χ0) is 15.0. The number of halogens is 6. The third-order valence-corrected chi connectivity index (χ3v) is 1.42. The van der Waals surface area contributed by atoms with Crippen LogP contribution in [0.15, 0.2) is 13.2 Å². The van der Waals surface area contributed by atoms with Crippen molar-refractivity contribution in [2.24, 2.45) is 0 Å². The van der Waals surface area contributed by atoms with E-state index in [-0.39, 0.29) is 0 Å². The van der Waals surface area contributed by atoms with Crippen LogP contribution in [-0.2, 0) is 9.62 Å². The third-order valence-electron chi connectivity index (χ3n) is 1.42. The summed E-state index contributed by atoms with van der Waals surface area (Å²) in [6.45, 7) is 3.02. The highest BCUT2D eigenvalue weighted by Crippen LogP contribution is 2.25. The standard InChI is InChI=1S/C6H8F6O4.C2H4/c7-5(8,9)3(13)1-15-4(2-16-14)6(10,11)12;1-2/h3-4,13-14H,1-2H2;1-2H2. The quantitative estimate of drug-likeness (QED) is 0.352. The van der Waals surface area contributed by atoms with E-state index in [9.17, 15) is 26.3 Å². The molecule has 0 rings (SSSR count). The molecule has 0 aliphatic rings. The fraction of sp³-hybridized carbons (Fsp3) is 0.750. The molecule has 18 heavy (non-hydrogen) atoms. The van der Waals surface area contributed by atoms with E-state index in [0.717, 1.165) is 0 Å². The second-order valence-electron chi connectivity index (χ2n) is 2.72. The first-order valence-corrected chi connectivity index (χ1v) is 4.28. The van der Waals surface area contributed by atoms with Gasteiger partial charge in [-0.3, -0.25) is 5.26 Å². The zero-order valence-electron chi connectivity index (χ0n) is 8.96. The minimum Gasteiger partial charge on any atom is -0.382 e. The van der Waals surface area contributed by atoms with Crippen LogP contribution in [0.5, 0.6) is 0 Å². The Kier molecular flexibility index (Phi) is 8.99. The lowest BCUT2D eigenvalue weighted by atomic mass is 10.3. The van der Waals surface area contributed by atoms with E-state index >= 15 is 0 Å². The van der Waals surface area contributed by atoms with Gasteiger partial charge >= 0.3 is 12.4 Å². The second kappa shape index (κ2) is 8.29. The van der Waals surface area contributed by atoms with Crippen LogP contribution in [-0.4, -0.2) is 48.1 Å². The van der Waals surface area contributed by atoms with Crippen molar-refractivity contribution < 1.29 is 46.3 Å². The Balaban J connectivity index is 0. The molecular weight excluding hydrogens is 274 g/mol.